The second-order valence-electron chi connectivity index (χ2n) is 5.85. The summed E-state index contributed by atoms with van der Waals surface area (Å²) in [7, 11) is 0. The summed E-state index contributed by atoms with van der Waals surface area (Å²) in [6, 6.07) is 0.0884. The van der Waals surface area contributed by atoms with Crippen LogP contribution in [0.3, 0.4) is 0 Å². The van der Waals surface area contributed by atoms with Crippen molar-refractivity contribution in [2.45, 2.75) is 58.4 Å². The van der Waals surface area contributed by atoms with Gasteiger partial charge in [-0.15, -0.1) is 11.3 Å². The summed E-state index contributed by atoms with van der Waals surface area (Å²) in [6.45, 7) is 4.47. The van der Waals surface area contributed by atoms with Crippen molar-refractivity contribution in [1.29, 1.82) is 0 Å². The van der Waals surface area contributed by atoms with Crippen molar-refractivity contribution in [3.63, 3.8) is 0 Å². The minimum absolute atomic E-state index is 0.0646. The van der Waals surface area contributed by atoms with Crippen LogP contribution in [0, 0.1) is 0 Å². The Morgan fingerprint density at radius 3 is 2.71 bits per heavy atom. The van der Waals surface area contributed by atoms with Gasteiger partial charge in [0.1, 0.15) is 0 Å². The summed E-state index contributed by atoms with van der Waals surface area (Å²) in [5.74, 6) is -0.742. The number of fused-ring (bicyclic) bond motifs is 1. The number of amides is 1. The topological polar surface area (TPSA) is 57.6 Å². The third kappa shape index (κ3) is 3.84. The number of rotatable bonds is 6. The van der Waals surface area contributed by atoms with Gasteiger partial charge in [-0.25, -0.2) is 0 Å². The van der Waals surface area contributed by atoms with E-state index in [1.165, 1.54) is 16.9 Å². The Kier molecular flexibility index (Phi) is 5.39. The van der Waals surface area contributed by atoms with Gasteiger partial charge in [0.2, 0.25) is 0 Å². The van der Waals surface area contributed by atoms with E-state index in [2.05, 4.69) is 0 Å². The Bertz CT molecular complexity index is 522. The van der Waals surface area contributed by atoms with Gasteiger partial charge in [0, 0.05) is 29.3 Å². The number of carbonyl (C=O) groups excluding carboxylic acids is 1. The van der Waals surface area contributed by atoms with Crippen molar-refractivity contribution < 1.29 is 14.7 Å². The minimum Gasteiger partial charge on any atom is -0.481 e. The predicted molar refractivity (Wildman–Crippen MR) is 84.0 cm³/mol. The Balaban J connectivity index is 2.11. The van der Waals surface area contributed by atoms with E-state index in [1.54, 1.807) is 16.2 Å². The molecule has 0 unspecified atom stereocenters. The molecule has 4 nitrogen and oxygen atoms in total. The fourth-order valence-corrected chi connectivity index (χ4v) is 3.94. The van der Waals surface area contributed by atoms with Crippen LogP contribution < -0.4 is 0 Å². The molecule has 0 aliphatic heterocycles. The zero-order valence-corrected chi connectivity index (χ0v) is 13.5. The SMILES string of the molecule is CC(C)N(CCCC(=O)O)C(=O)c1csc2c1CCCC2. The van der Waals surface area contributed by atoms with Crippen molar-refractivity contribution in [2.75, 3.05) is 6.54 Å². The number of nitrogens with zero attached hydrogens (tertiary/aromatic N) is 1. The number of carboxylic acid groups (broad SMARTS) is 1. The second-order valence-corrected chi connectivity index (χ2v) is 6.81. The zero-order valence-electron chi connectivity index (χ0n) is 12.7. The lowest BCUT2D eigenvalue weighted by atomic mass is 9.95. The van der Waals surface area contributed by atoms with E-state index in [9.17, 15) is 9.59 Å². The number of hydrogen-bond acceptors (Lipinski definition) is 3. The smallest absolute Gasteiger partial charge is 0.303 e. The van der Waals surface area contributed by atoms with E-state index >= 15 is 0 Å². The van der Waals surface area contributed by atoms with Crippen molar-refractivity contribution in [3.05, 3.63) is 21.4 Å². The Hall–Kier alpha value is -1.36. The van der Waals surface area contributed by atoms with Crippen LogP contribution >= 0.6 is 11.3 Å². The first kappa shape index (κ1) is 16.0. The highest BCUT2D eigenvalue weighted by atomic mass is 32.1. The Labute approximate surface area is 129 Å². The summed E-state index contributed by atoms with van der Waals surface area (Å²) >= 11 is 1.70. The van der Waals surface area contributed by atoms with Crippen LogP contribution in [0.25, 0.3) is 0 Å². The number of aryl methyl sites for hydroxylation is 1. The molecule has 0 radical (unpaired) electrons. The van der Waals surface area contributed by atoms with Gasteiger partial charge in [-0.2, -0.15) is 0 Å². The van der Waals surface area contributed by atoms with Gasteiger partial charge in [-0.1, -0.05) is 0 Å². The average molecular weight is 309 g/mol. The molecule has 1 aromatic rings. The van der Waals surface area contributed by atoms with E-state index < -0.39 is 5.97 Å². The molecule has 1 amide bonds. The second kappa shape index (κ2) is 7.07. The molecule has 0 bridgehead atoms. The highest BCUT2D eigenvalue weighted by Gasteiger charge is 2.25. The maximum atomic E-state index is 12.8. The van der Waals surface area contributed by atoms with Gasteiger partial charge >= 0.3 is 5.97 Å². The maximum absolute atomic E-state index is 12.8. The molecular weight excluding hydrogens is 286 g/mol. The van der Waals surface area contributed by atoms with Crippen LogP contribution in [-0.4, -0.2) is 34.5 Å². The first-order valence-corrected chi connectivity index (χ1v) is 8.50. The predicted octanol–water partition coefficient (Wildman–Crippen LogP) is 3.34. The third-order valence-electron chi connectivity index (χ3n) is 3.97. The monoisotopic (exact) mass is 309 g/mol. The molecule has 0 aromatic carbocycles. The van der Waals surface area contributed by atoms with Crippen LogP contribution in [0.1, 0.15) is 60.3 Å². The molecule has 1 heterocycles. The molecule has 2 rings (SSSR count). The number of hydrogen-bond donors (Lipinski definition) is 1. The molecule has 116 valence electrons. The largest absolute Gasteiger partial charge is 0.481 e. The van der Waals surface area contributed by atoms with E-state index in [0.717, 1.165) is 24.8 Å². The lowest BCUT2D eigenvalue weighted by Crippen LogP contribution is -2.38. The molecule has 1 N–H and O–H groups in total. The molecule has 1 aliphatic carbocycles. The molecule has 21 heavy (non-hydrogen) atoms. The van der Waals surface area contributed by atoms with Gasteiger partial charge in [-0.3, -0.25) is 9.59 Å². The highest BCUT2D eigenvalue weighted by Crippen LogP contribution is 2.31. The normalized spacial score (nSPS) is 14.0. The fraction of sp³-hybridized carbons (Fsp3) is 0.625. The summed E-state index contributed by atoms with van der Waals surface area (Å²) in [5, 5.41) is 10.7. The first-order chi connectivity index (χ1) is 10.0. The van der Waals surface area contributed by atoms with Crippen molar-refractivity contribution >= 4 is 23.2 Å². The quantitative estimate of drug-likeness (QED) is 0.876. The standard InChI is InChI=1S/C16H23NO3S/c1-11(2)17(9-5-8-15(18)19)16(20)13-10-21-14-7-4-3-6-12(13)14/h10-11H,3-9H2,1-2H3,(H,18,19). The van der Waals surface area contributed by atoms with Crippen LogP contribution in [0.15, 0.2) is 5.38 Å². The number of aliphatic carboxylic acids is 1. The first-order valence-electron chi connectivity index (χ1n) is 7.62. The van der Waals surface area contributed by atoms with E-state index in [1.807, 2.05) is 19.2 Å². The van der Waals surface area contributed by atoms with Gasteiger partial charge in [-0.05, 0) is 51.5 Å². The molecular formula is C16H23NO3S. The number of carboxylic acids is 1. The molecule has 0 atom stereocenters. The third-order valence-corrected chi connectivity index (χ3v) is 5.05. The maximum Gasteiger partial charge on any atom is 0.303 e. The van der Waals surface area contributed by atoms with E-state index in [0.29, 0.717) is 13.0 Å². The minimum atomic E-state index is -0.806. The average Bonchev–Trinajstić information content (AvgIpc) is 2.86. The highest BCUT2D eigenvalue weighted by molar-refractivity contribution is 7.10. The lowest BCUT2D eigenvalue weighted by Gasteiger charge is -2.27. The number of thiophene rings is 1. The van der Waals surface area contributed by atoms with Crippen LogP contribution in [0.2, 0.25) is 0 Å². The van der Waals surface area contributed by atoms with E-state index in [4.69, 9.17) is 5.11 Å². The lowest BCUT2D eigenvalue weighted by molar-refractivity contribution is -0.137. The van der Waals surface area contributed by atoms with Gasteiger partial charge < -0.3 is 10.0 Å². The van der Waals surface area contributed by atoms with Gasteiger partial charge in [0.25, 0.3) is 5.91 Å². The molecule has 1 aromatic heterocycles. The zero-order chi connectivity index (χ0) is 15.4. The van der Waals surface area contributed by atoms with Crippen molar-refractivity contribution in [1.82, 2.24) is 4.90 Å². The summed E-state index contributed by atoms with van der Waals surface area (Å²) in [5.41, 5.74) is 2.08. The summed E-state index contributed by atoms with van der Waals surface area (Å²) < 4.78 is 0. The molecule has 5 heteroatoms. The van der Waals surface area contributed by atoms with Crippen LogP contribution in [0.4, 0.5) is 0 Å². The molecule has 1 aliphatic rings. The number of carbonyl (C=O) groups is 2. The van der Waals surface area contributed by atoms with Crippen LogP contribution in [-0.2, 0) is 17.6 Å². The molecule has 0 saturated carbocycles. The fourth-order valence-electron chi connectivity index (χ4n) is 2.82. The van der Waals surface area contributed by atoms with Gasteiger partial charge in [0.05, 0.1) is 5.56 Å². The summed E-state index contributed by atoms with van der Waals surface area (Å²) in [6.07, 6.45) is 5.08. The van der Waals surface area contributed by atoms with Crippen molar-refractivity contribution in [3.8, 4) is 0 Å². The molecule has 0 spiro atoms. The Morgan fingerprint density at radius 1 is 1.33 bits per heavy atom. The molecule has 0 fully saturated rings. The van der Waals surface area contributed by atoms with E-state index in [-0.39, 0.29) is 18.4 Å². The van der Waals surface area contributed by atoms with Crippen molar-refractivity contribution in [2.24, 2.45) is 0 Å². The Morgan fingerprint density at radius 2 is 2.05 bits per heavy atom. The molecule has 0 saturated heterocycles. The van der Waals surface area contributed by atoms with Crippen LogP contribution in [0.5, 0.6) is 0 Å². The summed E-state index contributed by atoms with van der Waals surface area (Å²) in [4.78, 5) is 26.6. The van der Waals surface area contributed by atoms with Gasteiger partial charge in [0.15, 0.2) is 0 Å².